The lowest BCUT2D eigenvalue weighted by molar-refractivity contribution is -0.186. The Balaban J connectivity index is 1.95. The quantitative estimate of drug-likeness (QED) is 0.305. The van der Waals surface area contributed by atoms with Gasteiger partial charge in [-0.2, -0.15) is 0 Å². The summed E-state index contributed by atoms with van der Waals surface area (Å²) in [5.41, 5.74) is -0.332. The summed E-state index contributed by atoms with van der Waals surface area (Å²) in [6.45, 7) is 10.9. The first-order chi connectivity index (χ1) is 13.3. The fraction of sp³-hybridized carbons (Fsp3) is 0.870. The predicted molar refractivity (Wildman–Crippen MR) is 110 cm³/mol. The molecule has 2 fully saturated rings. The van der Waals surface area contributed by atoms with Crippen LogP contribution in [0.2, 0.25) is 0 Å². The van der Waals surface area contributed by atoms with Crippen molar-refractivity contribution in [2.24, 2.45) is 23.2 Å². The highest BCUT2D eigenvalue weighted by Crippen LogP contribution is 2.48. The van der Waals surface area contributed by atoms with Gasteiger partial charge in [0.05, 0.1) is 25.9 Å². The molecule has 0 aromatic heterocycles. The van der Waals surface area contributed by atoms with E-state index in [1.54, 1.807) is 0 Å². The third kappa shape index (κ3) is 6.38. The van der Waals surface area contributed by atoms with Gasteiger partial charge in [-0.25, -0.2) is 0 Å². The molecule has 2 aliphatic rings. The number of hydrogen-bond donors (Lipinski definition) is 1. The van der Waals surface area contributed by atoms with E-state index in [-0.39, 0.29) is 11.3 Å². The van der Waals surface area contributed by atoms with Crippen molar-refractivity contribution in [3.8, 4) is 0 Å². The van der Waals surface area contributed by atoms with Gasteiger partial charge in [0.15, 0.2) is 5.79 Å². The second kappa shape index (κ2) is 10.9. The van der Waals surface area contributed by atoms with Crippen LogP contribution in [0.4, 0.5) is 0 Å². The molecule has 0 bridgehead atoms. The lowest BCUT2D eigenvalue weighted by atomic mass is 9.84. The van der Waals surface area contributed by atoms with Crippen molar-refractivity contribution in [2.45, 2.75) is 78.1 Å². The first-order valence-corrected chi connectivity index (χ1v) is 11.0. The smallest absolute Gasteiger partial charge is 0.171 e. The van der Waals surface area contributed by atoms with Gasteiger partial charge in [0.2, 0.25) is 0 Å². The number of ether oxygens (including phenoxy) is 3. The summed E-state index contributed by atoms with van der Waals surface area (Å²) in [4.78, 5) is 10.6. The molecule has 5 heteroatoms. The van der Waals surface area contributed by atoms with Crippen molar-refractivity contribution in [3.63, 3.8) is 0 Å². The highest BCUT2D eigenvalue weighted by molar-refractivity contribution is 5.48. The van der Waals surface area contributed by atoms with Crippen molar-refractivity contribution >= 4 is 6.29 Å². The third-order valence-electron chi connectivity index (χ3n) is 6.04. The minimum absolute atomic E-state index is 0.283. The predicted octanol–water partition coefficient (Wildman–Crippen LogP) is 4.13. The fourth-order valence-electron chi connectivity index (χ4n) is 4.32. The Bertz CT molecular complexity index is 493. The molecule has 1 aliphatic heterocycles. The zero-order chi connectivity index (χ0) is 20.6. The molecular formula is C23H40O5. The topological polar surface area (TPSA) is 65.0 Å². The van der Waals surface area contributed by atoms with Crippen molar-refractivity contribution < 1.29 is 24.1 Å². The minimum Gasteiger partial charge on any atom is -0.388 e. The molecule has 2 unspecified atom stereocenters. The number of unbranched alkanes of at least 4 members (excludes halogenated alkanes) is 2. The van der Waals surface area contributed by atoms with Gasteiger partial charge < -0.3 is 24.1 Å². The highest BCUT2D eigenvalue weighted by Gasteiger charge is 2.51. The van der Waals surface area contributed by atoms with E-state index in [9.17, 15) is 9.90 Å². The maximum absolute atomic E-state index is 10.7. The van der Waals surface area contributed by atoms with Crippen LogP contribution in [-0.4, -0.2) is 49.7 Å². The number of aldehydes is 1. The molecule has 0 aromatic rings. The molecule has 2 rings (SSSR count). The molecule has 1 saturated carbocycles. The molecule has 5 nitrogen and oxygen atoms in total. The molecule has 1 aliphatic carbocycles. The van der Waals surface area contributed by atoms with Crippen LogP contribution in [0.3, 0.4) is 0 Å². The Morgan fingerprint density at radius 2 is 1.96 bits per heavy atom. The van der Waals surface area contributed by atoms with Gasteiger partial charge in [-0.15, -0.1) is 0 Å². The van der Waals surface area contributed by atoms with Crippen LogP contribution in [-0.2, 0) is 19.0 Å². The Hall–Kier alpha value is -0.750. The normalized spacial score (nSPS) is 25.9. The maximum Gasteiger partial charge on any atom is 0.171 e. The molecule has 1 heterocycles. The van der Waals surface area contributed by atoms with Crippen LogP contribution in [0.5, 0.6) is 0 Å². The van der Waals surface area contributed by atoms with E-state index in [1.165, 1.54) is 0 Å². The molecule has 1 saturated heterocycles. The van der Waals surface area contributed by atoms with Gasteiger partial charge in [0.1, 0.15) is 6.29 Å². The second-order valence-electron chi connectivity index (χ2n) is 9.50. The van der Waals surface area contributed by atoms with Gasteiger partial charge in [-0.3, -0.25) is 0 Å². The van der Waals surface area contributed by atoms with Gasteiger partial charge in [0, 0.05) is 30.8 Å². The summed E-state index contributed by atoms with van der Waals surface area (Å²) >= 11 is 0. The lowest BCUT2D eigenvalue weighted by Gasteiger charge is -2.32. The molecule has 0 aromatic carbocycles. The van der Waals surface area contributed by atoms with E-state index in [4.69, 9.17) is 14.2 Å². The van der Waals surface area contributed by atoms with Crippen molar-refractivity contribution in [3.05, 3.63) is 12.2 Å². The Kier molecular flexibility index (Phi) is 9.13. The Labute approximate surface area is 170 Å². The summed E-state index contributed by atoms with van der Waals surface area (Å²) in [6, 6.07) is 0. The second-order valence-corrected chi connectivity index (χ2v) is 9.50. The van der Waals surface area contributed by atoms with Crippen molar-refractivity contribution in [2.75, 3.05) is 26.4 Å². The average molecular weight is 397 g/mol. The van der Waals surface area contributed by atoms with Gasteiger partial charge in [-0.05, 0) is 31.1 Å². The van der Waals surface area contributed by atoms with Crippen LogP contribution in [0.1, 0.15) is 66.2 Å². The number of carbonyl (C=O) groups is 1. The zero-order valence-electron chi connectivity index (χ0n) is 18.2. The van der Waals surface area contributed by atoms with E-state index in [0.29, 0.717) is 44.7 Å². The first-order valence-electron chi connectivity index (χ1n) is 11.0. The lowest BCUT2D eigenvalue weighted by Crippen LogP contribution is -2.36. The van der Waals surface area contributed by atoms with Crippen LogP contribution < -0.4 is 0 Å². The fourth-order valence-corrected chi connectivity index (χ4v) is 4.32. The summed E-state index contributed by atoms with van der Waals surface area (Å²) < 4.78 is 17.8. The summed E-state index contributed by atoms with van der Waals surface area (Å²) in [5.74, 6) is 0.642. The number of carbonyl (C=O) groups excluding carboxylic acids is 1. The molecule has 1 N–H and O–H groups in total. The molecule has 28 heavy (non-hydrogen) atoms. The first kappa shape index (κ1) is 23.5. The van der Waals surface area contributed by atoms with Crippen LogP contribution >= 0.6 is 0 Å². The van der Waals surface area contributed by atoms with Gasteiger partial charge in [0.25, 0.3) is 0 Å². The number of allylic oxidation sites excluding steroid dienone is 1. The summed E-state index contributed by atoms with van der Waals surface area (Å²) in [6.07, 6.45) is 9.96. The van der Waals surface area contributed by atoms with E-state index in [2.05, 4.69) is 19.9 Å². The van der Waals surface area contributed by atoms with E-state index >= 15 is 0 Å². The van der Waals surface area contributed by atoms with E-state index < -0.39 is 11.9 Å². The SMILES string of the molecule is CC(C)COCC(C)(C)C(O)C=C[C@@H]1CCC2(OCCO2)C1CCCCC=O. The number of rotatable bonds is 12. The van der Waals surface area contributed by atoms with Crippen molar-refractivity contribution in [1.29, 1.82) is 0 Å². The zero-order valence-corrected chi connectivity index (χ0v) is 18.2. The highest BCUT2D eigenvalue weighted by atomic mass is 16.7. The van der Waals surface area contributed by atoms with Gasteiger partial charge in [-0.1, -0.05) is 46.3 Å². The number of aliphatic hydroxyl groups excluding tert-OH is 1. The van der Waals surface area contributed by atoms with Crippen LogP contribution in [0, 0.1) is 23.2 Å². The molecule has 0 radical (unpaired) electrons. The standard InChI is InChI=1S/C23H40O5/c1-18(2)16-26-17-22(3,4)21(25)10-9-19-11-12-23(27-14-15-28-23)20(19)8-6-5-7-13-24/h9-10,13,18-21,25H,5-8,11-12,14-17H2,1-4H3/t19-,20?,21?/m1/s1. The molecule has 162 valence electrons. The third-order valence-corrected chi connectivity index (χ3v) is 6.04. The van der Waals surface area contributed by atoms with E-state index in [1.807, 2.05) is 19.9 Å². The molecule has 0 amide bonds. The largest absolute Gasteiger partial charge is 0.388 e. The molecule has 1 spiro atoms. The van der Waals surface area contributed by atoms with Crippen molar-refractivity contribution in [1.82, 2.24) is 0 Å². The van der Waals surface area contributed by atoms with Crippen LogP contribution in [0.15, 0.2) is 12.2 Å². The monoisotopic (exact) mass is 396 g/mol. The molecule has 3 atom stereocenters. The Morgan fingerprint density at radius 3 is 2.61 bits per heavy atom. The average Bonchev–Trinajstić information content (AvgIpc) is 3.24. The summed E-state index contributed by atoms with van der Waals surface area (Å²) in [7, 11) is 0. The van der Waals surface area contributed by atoms with Crippen LogP contribution in [0.25, 0.3) is 0 Å². The molecular weight excluding hydrogens is 356 g/mol. The summed E-state index contributed by atoms with van der Waals surface area (Å²) in [5, 5.41) is 10.7. The maximum atomic E-state index is 10.7. The minimum atomic E-state index is -0.558. The number of aliphatic hydroxyl groups is 1. The van der Waals surface area contributed by atoms with E-state index in [0.717, 1.165) is 38.4 Å². The van der Waals surface area contributed by atoms with Gasteiger partial charge >= 0.3 is 0 Å². The number of hydrogen-bond acceptors (Lipinski definition) is 5. The Morgan fingerprint density at radius 1 is 1.25 bits per heavy atom.